The number of hydrogen-bond donors (Lipinski definition) is 1. The molecule has 7 heteroatoms. The van der Waals surface area contributed by atoms with Crippen molar-refractivity contribution in [3.05, 3.63) is 63.7 Å². The highest BCUT2D eigenvalue weighted by Crippen LogP contribution is 2.27. The molecule has 0 saturated carbocycles. The minimum Gasteiger partial charge on any atom is -0.347 e. The molecule has 0 saturated heterocycles. The molecule has 2 rings (SSSR count). The largest absolute Gasteiger partial charge is 0.347 e. The van der Waals surface area contributed by atoms with E-state index in [-0.39, 0.29) is 11.9 Å². The Labute approximate surface area is 179 Å². The second kappa shape index (κ2) is 9.18. The summed E-state index contributed by atoms with van der Waals surface area (Å²) in [6.07, 6.45) is 1.78. The van der Waals surface area contributed by atoms with Gasteiger partial charge in [-0.15, -0.1) is 0 Å². The van der Waals surface area contributed by atoms with Crippen molar-refractivity contribution in [2.24, 2.45) is 0 Å². The molecule has 2 atom stereocenters. The maximum Gasteiger partial charge on any atom is 0.244 e. The molecular weight excluding hydrogens is 408 g/mol. The lowest BCUT2D eigenvalue weighted by Gasteiger charge is -2.30. The van der Waals surface area contributed by atoms with Gasteiger partial charge in [0.05, 0.1) is 18.0 Å². The average molecular weight is 437 g/mol. The Balaban J connectivity index is 2.34. The van der Waals surface area contributed by atoms with Crippen LogP contribution in [0.2, 0.25) is 5.02 Å². The zero-order valence-corrected chi connectivity index (χ0v) is 19.4. The summed E-state index contributed by atoms with van der Waals surface area (Å²) in [5, 5.41) is 3.46. The number of hydrogen-bond acceptors (Lipinski definition) is 3. The van der Waals surface area contributed by atoms with Crippen molar-refractivity contribution in [1.29, 1.82) is 0 Å². The molecule has 5 nitrogen and oxygen atoms in total. The predicted octanol–water partition coefficient (Wildman–Crippen LogP) is 4.69. The number of benzene rings is 2. The highest BCUT2D eigenvalue weighted by atomic mass is 35.5. The molecule has 0 aliphatic heterocycles. The Bertz CT molecular complexity index is 1010. The van der Waals surface area contributed by atoms with E-state index in [1.165, 1.54) is 0 Å². The van der Waals surface area contributed by atoms with Gasteiger partial charge in [-0.2, -0.15) is 0 Å². The van der Waals surface area contributed by atoms with E-state index in [1.807, 2.05) is 39.8 Å². The Morgan fingerprint density at radius 2 is 1.76 bits per heavy atom. The first kappa shape index (κ1) is 23.2. The number of sulfonamides is 1. The van der Waals surface area contributed by atoms with Crippen LogP contribution in [0.5, 0.6) is 0 Å². The maximum atomic E-state index is 13.0. The number of carbonyl (C=O) groups is 1. The smallest absolute Gasteiger partial charge is 0.244 e. The van der Waals surface area contributed by atoms with Crippen LogP contribution in [0, 0.1) is 20.8 Å². The number of nitrogens with zero attached hydrogens (tertiary/aromatic N) is 1. The summed E-state index contributed by atoms with van der Waals surface area (Å²) in [4.78, 5) is 13.0. The second-order valence-electron chi connectivity index (χ2n) is 7.50. The number of rotatable bonds is 7. The molecule has 2 aromatic carbocycles. The van der Waals surface area contributed by atoms with Gasteiger partial charge in [0.15, 0.2) is 0 Å². The van der Waals surface area contributed by atoms with Crippen molar-refractivity contribution < 1.29 is 13.2 Å². The van der Waals surface area contributed by atoms with Crippen LogP contribution >= 0.6 is 11.6 Å². The SMILES string of the molecule is CC[C@H](NC(=O)[C@H](C)N(c1ccc(C)c(Cl)c1)S(C)(=O)=O)c1ccc(C)cc1C. The van der Waals surface area contributed by atoms with E-state index in [0.29, 0.717) is 17.1 Å². The molecule has 0 heterocycles. The molecule has 0 radical (unpaired) electrons. The Hall–Kier alpha value is -2.05. The van der Waals surface area contributed by atoms with E-state index < -0.39 is 16.1 Å². The molecule has 0 fully saturated rings. The van der Waals surface area contributed by atoms with Gasteiger partial charge in [-0.05, 0) is 62.9 Å². The Kier molecular flexibility index (Phi) is 7.35. The molecule has 2 aromatic rings. The summed E-state index contributed by atoms with van der Waals surface area (Å²) in [5.41, 5.74) is 4.48. The molecule has 0 aliphatic carbocycles. The van der Waals surface area contributed by atoms with E-state index in [2.05, 4.69) is 11.4 Å². The normalized spacial score (nSPS) is 13.6. The van der Waals surface area contributed by atoms with Gasteiger partial charge in [0, 0.05) is 5.02 Å². The second-order valence-corrected chi connectivity index (χ2v) is 9.76. The van der Waals surface area contributed by atoms with Crippen LogP contribution in [0.3, 0.4) is 0 Å². The predicted molar refractivity (Wildman–Crippen MR) is 120 cm³/mol. The zero-order valence-electron chi connectivity index (χ0n) is 17.8. The number of carbonyl (C=O) groups excluding carboxylic acids is 1. The first-order valence-electron chi connectivity index (χ1n) is 9.58. The van der Waals surface area contributed by atoms with Gasteiger partial charge >= 0.3 is 0 Å². The molecular formula is C22H29ClN2O3S. The van der Waals surface area contributed by atoms with Crippen molar-refractivity contribution in [1.82, 2.24) is 5.32 Å². The summed E-state index contributed by atoms with van der Waals surface area (Å²) in [5.74, 6) is -0.362. The van der Waals surface area contributed by atoms with E-state index in [1.54, 1.807) is 25.1 Å². The van der Waals surface area contributed by atoms with Crippen LogP contribution in [-0.2, 0) is 14.8 Å². The van der Waals surface area contributed by atoms with Crippen molar-refractivity contribution >= 4 is 33.2 Å². The highest BCUT2D eigenvalue weighted by molar-refractivity contribution is 7.92. The van der Waals surface area contributed by atoms with E-state index in [9.17, 15) is 13.2 Å². The van der Waals surface area contributed by atoms with Crippen LogP contribution in [0.4, 0.5) is 5.69 Å². The minimum atomic E-state index is -3.70. The average Bonchev–Trinajstić information content (AvgIpc) is 2.62. The summed E-state index contributed by atoms with van der Waals surface area (Å²) in [6.45, 7) is 9.44. The summed E-state index contributed by atoms with van der Waals surface area (Å²) < 4.78 is 26.1. The third kappa shape index (κ3) is 5.52. The number of anilines is 1. The first-order valence-corrected chi connectivity index (χ1v) is 11.8. The van der Waals surface area contributed by atoms with Crippen molar-refractivity contribution in [3.8, 4) is 0 Å². The molecule has 0 aliphatic rings. The fraction of sp³-hybridized carbons (Fsp3) is 0.409. The van der Waals surface area contributed by atoms with Crippen molar-refractivity contribution in [3.63, 3.8) is 0 Å². The summed E-state index contributed by atoms with van der Waals surface area (Å²) >= 11 is 6.19. The summed E-state index contributed by atoms with van der Waals surface area (Å²) in [6, 6.07) is 9.94. The van der Waals surface area contributed by atoms with E-state index in [0.717, 1.165) is 32.8 Å². The van der Waals surface area contributed by atoms with Crippen molar-refractivity contribution in [2.75, 3.05) is 10.6 Å². The lowest BCUT2D eigenvalue weighted by molar-refractivity contribution is -0.122. The van der Waals surface area contributed by atoms with Crippen LogP contribution in [-0.4, -0.2) is 26.6 Å². The molecule has 29 heavy (non-hydrogen) atoms. The number of aryl methyl sites for hydroxylation is 3. The van der Waals surface area contributed by atoms with Gasteiger partial charge in [-0.25, -0.2) is 8.42 Å². The lowest BCUT2D eigenvalue weighted by atomic mass is 9.97. The van der Waals surface area contributed by atoms with Gasteiger partial charge in [0.25, 0.3) is 0 Å². The van der Waals surface area contributed by atoms with Crippen LogP contribution in [0.25, 0.3) is 0 Å². The third-order valence-corrected chi connectivity index (χ3v) is 6.67. The molecule has 1 amide bonds. The van der Waals surface area contributed by atoms with Crippen LogP contribution < -0.4 is 9.62 Å². The standard InChI is InChI=1S/C22H29ClN2O3S/c1-7-21(19-11-8-14(2)12-16(19)4)24-22(26)17(5)25(29(6,27)28)18-10-9-15(3)20(23)13-18/h8-13,17,21H,7H2,1-6H3,(H,24,26)/t17-,21-/m0/s1. The van der Waals surface area contributed by atoms with Gasteiger partial charge in [0.2, 0.25) is 15.9 Å². The number of halogens is 1. The van der Waals surface area contributed by atoms with Gasteiger partial charge in [-0.3, -0.25) is 9.10 Å². The monoisotopic (exact) mass is 436 g/mol. The molecule has 0 aromatic heterocycles. The number of amides is 1. The van der Waals surface area contributed by atoms with Crippen LogP contribution in [0.1, 0.15) is 48.6 Å². The fourth-order valence-corrected chi connectivity index (χ4v) is 4.78. The topological polar surface area (TPSA) is 66.5 Å². The number of nitrogens with one attached hydrogen (secondary N) is 1. The Morgan fingerprint density at radius 3 is 2.28 bits per heavy atom. The molecule has 0 unspecified atom stereocenters. The first-order chi connectivity index (χ1) is 13.5. The molecule has 1 N–H and O–H groups in total. The molecule has 0 bridgehead atoms. The van der Waals surface area contributed by atoms with E-state index in [4.69, 9.17) is 11.6 Å². The third-order valence-electron chi connectivity index (χ3n) is 5.02. The molecule has 0 spiro atoms. The Morgan fingerprint density at radius 1 is 1.10 bits per heavy atom. The van der Waals surface area contributed by atoms with Gasteiger partial charge < -0.3 is 5.32 Å². The molecule has 158 valence electrons. The quantitative estimate of drug-likeness (QED) is 0.684. The highest BCUT2D eigenvalue weighted by Gasteiger charge is 2.30. The zero-order chi connectivity index (χ0) is 21.9. The maximum absolute atomic E-state index is 13.0. The van der Waals surface area contributed by atoms with Gasteiger partial charge in [-0.1, -0.05) is 48.4 Å². The van der Waals surface area contributed by atoms with Gasteiger partial charge in [0.1, 0.15) is 6.04 Å². The fourth-order valence-electron chi connectivity index (χ4n) is 3.44. The minimum absolute atomic E-state index is 0.200. The van der Waals surface area contributed by atoms with Crippen LogP contribution in [0.15, 0.2) is 36.4 Å². The van der Waals surface area contributed by atoms with Crippen molar-refractivity contribution in [2.45, 2.75) is 53.1 Å². The summed E-state index contributed by atoms with van der Waals surface area (Å²) in [7, 11) is -3.70. The van der Waals surface area contributed by atoms with E-state index >= 15 is 0 Å². The lowest BCUT2D eigenvalue weighted by Crippen LogP contribution is -2.48.